The maximum Gasteiger partial charge on any atom is 0.198 e. The average Bonchev–Trinajstić information content (AvgIpc) is 1.82. The van der Waals surface area contributed by atoms with E-state index in [1.165, 1.54) is 0 Å². The maximum atomic E-state index is 10.5. The van der Waals surface area contributed by atoms with E-state index in [0.717, 1.165) is 5.75 Å². The van der Waals surface area contributed by atoms with Crippen molar-refractivity contribution in [3.05, 3.63) is 12.7 Å². The summed E-state index contributed by atoms with van der Waals surface area (Å²) in [4.78, 5) is 10.5. The monoisotopic (exact) mass is 162 g/mol. The predicted octanol–water partition coefficient (Wildman–Crippen LogP) is 1.75. The smallest absolute Gasteiger partial charge is 0.198 e. The summed E-state index contributed by atoms with van der Waals surface area (Å²) in [6.07, 6.45) is 1.78. The molecule has 52 valence electrons. The molecule has 0 aliphatic carbocycles. The van der Waals surface area contributed by atoms with Crippen molar-refractivity contribution in [3.63, 3.8) is 0 Å². The highest BCUT2D eigenvalue weighted by atomic mass is 32.2. The predicted molar refractivity (Wildman–Crippen MR) is 46.1 cm³/mol. The van der Waals surface area contributed by atoms with Gasteiger partial charge in [0, 0.05) is 5.75 Å². The van der Waals surface area contributed by atoms with Crippen LogP contribution < -0.4 is 0 Å². The Labute approximate surface area is 65.3 Å². The Kier molecular flexibility index (Phi) is 5.00. The van der Waals surface area contributed by atoms with Crippen molar-refractivity contribution in [3.8, 4) is 0 Å². The van der Waals surface area contributed by atoms with E-state index in [-0.39, 0.29) is 10.4 Å². The van der Waals surface area contributed by atoms with Gasteiger partial charge in [0.1, 0.15) is 0 Å². The minimum atomic E-state index is -0.0677. The molecular formula is C6H10OS2. The van der Waals surface area contributed by atoms with Crippen molar-refractivity contribution in [2.75, 3.05) is 5.75 Å². The molecule has 0 bridgehead atoms. The third-order valence-electron chi connectivity index (χ3n) is 0.812. The highest BCUT2D eigenvalue weighted by Gasteiger charge is 2.05. The van der Waals surface area contributed by atoms with Crippen molar-refractivity contribution in [2.24, 2.45) is 0 Å². The number of rotatable bonds is 4. The second-order valence-corrected chi connectivity index (χ2v) is 3.42. The van der Waals surface area contributed by atoms with Crippen LogP contribution in [0.3, 0.4) is 0 Å². The fraction of sp³-hybridized carbons (Fsp3) is 0.500. The van der Waals surface area contributed by atoms with Crippen molar-refractivity contribution < 1.29 is 4.79 Å². The van der Waals surface area contributed by atoms with Crippen LogP contribution in [0.2, 0.25) is 0 Å². The molecule has 0 fully saturated rings. The number of thiol groups is 1. The molecule has 0 aliphatic rings. The molecular weight excluding hydrogens is 152 g/mol. The zero-order valence-corrected chi connectivity index (χ0v) is 7.04. The summed E-state index contributed by atoms with van der Waals surface area (Å²) in [5.74, 6) is 0.813. The van der Waals surface area contributed by atoms with Crippen LogP contribution in [-0.2, 0) is 4.79 Å². The lowest BCUT2D eigenvalue weighted by Gasteiger charge is -2.01. The minimum absolute atomic E-state index is 0.00802. The van der Waals surface area contributed by atoms with Crippen LogP contribution in [0, 0.1) is 0 Å². The lowest BCUT2D eigenvalue weighted by atomic mass is 10.5. The summed E-state index contributed by atoms with van der Waals surface area (Å²) in [6.45, 7) is 5.37. The van der Waals surface area contributed by atoms with Crippen LogP contribution in [0.25, 0.3) is 0 Å². The zero-order valence-electron chi connectivity index (χ0n) is 5.33. The van der Waals surface area contributed by atoms with Gasteiger partial charge in [-0.2, -0.15) is 0 Å². The van der Waals surface area contributed by atoms with E-state index >= 15 is 0 Å². The molecule has 0 aliphatic heterocycles. The third-order valence-corrected chi connectivity index (χ3v) is 2.52. The molecule has 3 heteroatoms. The van der Waals surface area contributed by atoms with E-state index in [2.05, 4.69) is 19.2 Å². The molecule has 0 heterocycles. The first-order valence-electron chi connectivity index (χ1n) is 2.63. The number of hydrogen-bond acceptors (Lipinski definition) is 2. The summed E-state index contributed by atoms with van der Waals surface area (Å²) >= 11 is 5.21. The van der Waals surface area contributed by atoms with E-state index in [1.807, 2.05) is 6.92 Å². The summed E-state index contributed by atoms with van der Waals surface area (Å²) in [5.41, 5.74) is 0. The molecule has 1 atom stereocenters. The van der Waals surface area contributed by atoms with Gasteiger partial charge in [0.25, 0.3) is 0 Å². The molecule has 0 unspecified atom stereocenters. The Hall–Kier alpha value is 0.110. The second-order valence-electron chi connectivity index (χ2n) is 1.60. The van der Waals surface area contributed by atoms with E-state index in [9.17, 15) is 4.79 Å². The Morgan fingerprint density at radius 2 is 2.56 bits per heavy atom. The molecule has 0 aromatic heterocycles. The normalized spacial score (nSPS) is 12.7. The molecule has 0 aromatic carbocycles. The van der Waals surface area contributed by atoms with Gasteiger partial charge in [0.05, 0.1) is 5.25 Å². The van der Waals surface area contributed by atoms with Gasteiger partial charge < -0.3 is 0 Å². The highest BCUT2D eigenvalue weighted by molar-refractivity contribution is 8.05. The summed E-state index contributed by atoms with van der Waals surface area (Å²) in [7, 11) is 0. The molecule has 9 heavy (non-hydrogen) atoms. The molecule has 0 radical (unpaired) electrons. The molecule has 1 nitrogen and oxygen atoms in total. The highest BCUT2D eigenvalue weighted by Crippen LogP contribution is 2.11. The van der Waals surface area contributed by atoms with Crippen LogP contribution >= 0.6 is 24.4 Å². The third kappa shape index (κ3) is 4.60. The lowest BCUT2D eigenvalue weighted by molar-refractivity contribution is -0.110. The van der Waals surface area contributed by atoms with Gasteiger partial charge in [-0.3, -0.25) is 4.79 Å². The molecule has 0 saturated heterocycles. The van der Waals surface area contributed by atoms with Crippen molar-refractivity contribution in [1.82, 2.24) is 0 Å². The molecule has 0 saturated carbocycles. The fourth-order valence-electron chi connectivity index (χ4n) is 0.284. The van der Waals surface area contributed by atoms with Crippen molar-refractivity contribution in [1.29, 1.82) is 0 Å². The number of thioether (sulfide) groups is 1. The Morgan fingerprint density at radius 3 is 2.89 bits per heavy atom. The van der Waals surface area contributed by atoms with Gasteiger partial charge in [-0.25, -0.2) is 0 Å². The molecule has 0 amide bonds. The Morgan fingerprint density at radius 1 is 2.00 bits per heavy atom. The van der Waals surface area contributed by atoms with Crippen molar-refractivity contribution in [2.45, 2.75) is 12.2 Å². The minimum Gasteiger partial charge on any atom is -0.286 e. The van der Waals surface area contributed by atoms with Gasteiger partial charge >= 0.3 is 0 Å². The van der Waals surface area contributed by atoms with E-state index in [1.54, 1.807) is 17.8 Å². The van der Waals surface area contributed by atoms with Gasteiger partial charge in [-0.15, -0.1) is 31.0 Å². The number of hydrogen-bond donors (Lipinski definition) is 1. The fourth-order valence-corrected chi connectivity index (χ4v) is 1.07. The van der Waals surface area contributed by atoms with Crippen molar-refractivity contribution >= 4 is 29.5 Å². The largest absolute Gasteiger partial charge is 0.286 e. The second kappa shape index (κ2) is 4.94. The molecule has 0 N–H and O–H groups in total. The topological polar surface area (TPSA) is 17.1 Å². The van der Waals surface area contributed by atoms with Gasteiger partial charge in [-0.1, -0.05) is 6.08 Å². The molecule has 0 rings (SSSR count). The number of carbonyl (C=O) groups is 1. The van der Waals surface area contributed by atoms with Gasteiger partial charge in [0.2, 0.25) is 0 Å². The quantitative estimate of drug-likeness (QED) is 0.501. The lowest BCUT2D eigenvalue weighted by Crippen LogP contribution is -2.05. The van der Waals surface area contributed by atoms with Crippen LogP contribution in [-0.4, -0.2) is 16.1 Å². The maximum absolute atomic E-state index is 10.5. The summed E-state index contributed by atoms with van der Waals surface area (Å²) in [5, 5.41) is -0.0758. The first kappa shape index (κ1) is 9.11. The Balaban J connectivity index is 3.37. The van der Waals surface area contributed by atoms with Crippen LogP contribution in [0.4, 0.5) is 0 Å². The first-order valence-corrected chi connectivity index (χ1v) is 4.13. The first-order chi connectivity index (χ1) is 4.18. The van der Waals surface area contributed by atoms with E-state index in [0.29, 0.717) is 0 Å². The Bertz CT molecular complexity index is 112. The number of carbonyl (C=O) groups excluding carboxylic acids is 1. The molecule has 0 spiro atoms. The van der Waals surface area contributed by atoms with Crippen LogP contribution in [0.5, 0.6) is 0 Å². The van der Waals surface area contributed by atoms with Crippen LogP contribution in [0.1, 0.15) is 6.92 Å². The van der Waals surface area contributed by atoms with Gasteiger partial charge in [-0.05, 0) is 6.92 Å². The summed E-state index contributed by atoms with van der Waals surface area (Å²) < 4.78 is 0. The average molecular weight is 162 g/mol. The van der Waals surface area contributed by atoms with E-state index in [4.69, 9.17) is 0 Å². The van der Waals surface area contributed by atoms with Gasteiger partial charge in [0.15, 0.2) is 5.12 Å². The SMILES string of the molecule is C=CCS[C@@H](C)C(=O)S. The zero-order chi connectivity index (χ0) is 7.28. The standard InChI is InChI=1S/C6H10OS2/c1-3-4-9-5(2)6(7)8/h3,5H,1,4H2,2H3,(H,7,8)/t5-/m0/s1. The van der Waals surface area contributed by atoms with E-state index < -0.39 is 0 Å². The summed E-state index contributed by atoms with van der Waals surface area (Å²) in [6, 6.07) is 0. The molecule has 0 aromatic rings. The van der Waals surface area contributed by atoms with Crippen LogP contribution in [0.15, 0.2) is 12.7 Å².